The number of hydrogen-bond acceptors (Lipinski definition) is 4. The summed E-state index contributed by atoms with van der Waals surface area (Å²) in [5.41, 5.74) is 3.40. The molecule has 0 spiro atoms. The molecule has 32 heavy (non-hydrogen) atoms. The zero-order chi connectivity index (χ0) is 22.6. The molecule has 1 aromatic heterocycles. The number of guanidine groups is 1. The number of aliphatic imine (C=N–C) groups is 1. The zero-order valence-corrected chi connectivity index (χ0v) is 18.5. The van der Waals surface area contributed by atoms with Gasteiger partial charge in [0.15, 0.2) is 17.5 Å². The van der Waals surface area contributed by atoms with Crippen LogP contribution in [-0.2, 0) is 19.6 Å². The Kier molecular flexibility index (Phi) is 8.58. The van der Waals surface area contributed by atoms with E-state index in [9.17, 15) is 0 Å². The van der Waals surface area contributed by atoms with Crippen molar-refractivity contribution in [2.45, 2.75) is 26.6 Å². The van der Waals surface area contributed by atoms with Gasteiger partial charge in [0.25, 0.3) is 0 Å². The Hall–Kier alpha value is -3.92. The minimum Gasteiger partial charge on any atom is -0.493 e. The van der Waals surface area contributed by atoms with Crippen molar-refractivity contribution in [2.24, 2.45) is 4.99 Å². The Balaban J connectivity index is 1.68. The summed E-state index contributed by atoms with van der Waals surface area (Å²) in [6.45, 7) is 4.86. The molecular weight excluding hydrogens is 402 g/mol. The van der Waals surface area contributed by atoms with Crippen LogP contribution in [0.1, 0.15) is 23.6 Å². The van der Waals surface area contributed by atoms with E-state index in [0.717, 1.165) is 24.6 Å². The van der Waals surface area contributed by atoms with E-state index in [1.54, 1.807) is 13.3 Å². The summed E-state index contributed by atoms with van der Waals surface area (Å²) in [5, 5.41) is 11.0. The largest absolute Gasteiger partial charge is 0.493 e. The van der Waals surface area contributed by atoms with Crippen LogP contribution in [0.25, 0.3) is 0 Å². The highest BCUT2D eigenvalue weighted by molar-refractivity contribution is 5.79. The highest BCUT2D eigenvalue weighted by Gasteiger charge is 2.07. The Labute approximate surface area is 189 Å². The molecule has 0 bridgehead atoms. The fourth-order valence-corrected chi connectivity index (χ4v) is 3.20. The molecule has 3 aromatic rings. The Morgan fingerprint density at radius 3 is 2.69 bits per heavy atom. The molecule has 0 aliphatic carbocycles. The number of benzene rings is 2. The molecule has 7 heteroatoms. The van der Waals surface area contributed by atoms with Crippen molar-refractivity contribution in [1.29, 1.82) is 0 Å². The summed E-state index contributed by atoms with van der Waals surface area (Å²) in [4.78, 5) is 4.72. The van der Waals surface area contributed by atoms with Crippen LogP contribution >= 0.6 is 0 Å². The molecule has 0 fully saturated rings. The van der Waals surface area contributed by atoms with Gasteiger partial charge < -0.3 is 20.1 Å². The number of rotatable bonds is 10. The predicted octanol–water partition coefficient (Wildman–Crippen LogP) is 3.21. The molecule has 3 rings (SSSR count). The van der Waals surface area contributed by atoms with Crippen LogP contribution in [0.3, 0.4) is 0 Å². The Bertz CT molecular complexity index is 1050. The standard InChI is InChI=1S/C25H29N5O2/c1-4-15-32-24-16-20(11-12-23(24)31-3)17-27-25(26-5-2)28-18-21-9-6-7-10-22(21)19-30-14-8-13-29-30/h1,6-14,16H,5,15,17-19H2,2-3H3,(H2,26,27,28). The first kappa shape index (κ1) is 22.8. The third-order valence-corrected chi connectivity index (χ3v) is 4.76. The minimum atomic E-state index is 0.186. The van der Waals surface area contributed by atoms with Crippen molar-refractivity contribution >= 4 is 5.96 Å². The van der Waals surface area contributed by atoms with Crippen molar-refractivity contribution in [1.82, 2.24) is 20.4 Å². The maximum Gasteiger partial charge on any atom is 0.191 e. The number of terminal acetylenes is 1. The molecule has 7 nitrogen and oxygen atoms in total. The maximum absolute atomic E-state index is 5.59. The zero-order valence-electron chi connectivity index (χ0n) is 18.5. The number of ether oxygens (including phenoxy) is 2. The second-order valence-electron chi connectivity index (χ2n) is 7.00. The van der Waals surface area contributed by atoms with E-state index < -0.39 is 0 Å². The van der Waals surface area contributed by atoms with Gasteiger partial charge >= 0.3 is 0 Å². The predicted molar refractivity (Wildman–Crippen MR) is 127 cm³/mol. The van der Waals surface area contributed by atoms with Gasteiger partial charge in [-0.25, -0.2) is 4.99 Å². The summed E-state index contributed by atoms with van der Waals surface area (Å²) < 4.78 is 12.8. The highest BCUT2D eigenvalue weighted by Crippen LogP contribution is 2.28. The second kappa shape index (κ2) is 12.1. The molecule has 0 atom stereocenters. The third kappa shape index (κ3) is 6.54. The van der Waals surface area contributed by atoms with Gasteiger partial charge in [0.1, 0.15) is 6.61 Å². The van der Waals surface area contributed by atoms with Gasteiger partial charge in [-0.2, -0.15) is 5.10 Å². The van der Waals surface area contributed by atoms with E-state index in [0.29, 0.717) is 24.6 Å². The topological polar surface area (TPSA) is 72.7 Å². The number of nitrogens with one attached hydrogen (secondary N) is 2. The van der Waals surface area contributed by atoms with Gasteiger partial charge in [0.2, 0.25) is 0 Å². The number of methoxy groups -OCH3 is 1. The number of aromatic nitrogens is 2. The molecular formula is C25H29N5O2. The van der Waals surface area contributed by atoms with Crippen molar-refractivity contribution in [3.05, 3.63) is 77.6 Å². The van der Waals surface area contributed by atoms with Crippen LogP contribution in [0.5, 0.6) is 11.5 Å². The summed E-state index contributed by atoms with van der Waals surface area (Å²) in [5.74, 6) is 4.47. The molecule has 0 aliphatic rings. The Morgan fingerprint density at radius 2 is 1.97 bits per heavy atom. The van der Waals surface area contributed by atoms with E-state index >= 15 is 0 Å². The first-order valence-electron chi connectivity index (χ1n) is 10.5. The van der Waals surface area contributed by atoms with Gasteiger partial charge in [0, 0.05) is 25.5 Å². The molecule has 0 aliphatic heterocycles. The van der Waals surface area contributed by atoms with E-state index in [-0.39, 0.29) is 6.61 Å². The fraction of sp³-hybridized carbons (Fsp3) is 0.280. The van der Waals surface area contributed by atoms with Crippen LogP contribution in [-0.4, -0.2) is 36.0 Å². The number of nitrogens with zero attached hydrogens (tertiary/aromatic N) is 3. The van der Waals surface area contributed by atoms with Crippen molar-refractivity contribution in [2.75, 3.05) is 20.3 Å². The lowest BCUT2D eigenvalue weighted by molar-refractivity contribution is 0.330. The van der Waals surface area contributed by atoms with E-state index in [2.05, 4.69) is 33.8 Å². The molecule has 0 saturated carbocycles. The van der Waals surface area contributed by atoms with E-state index in [1.165, 1.54) is 11.1 Å². The Morgan fingerprint density at radius 1 is 1.12 bits per heavy atom. The van der Waals surface area contributed by atoms with Crippen LogP contribution in [0, 0.1) is 12.3 Å². The lowest BCUT2D eigenvalue weighted by Gasteiger charge is -2.14. The smallest absolute Gasteiger partial charge is 0.191 e. The monoisotopic (exact) mass is 431 g/mol. The van der Waals surface area contributed by atoms with Gasteiger partial charge in [-0.15, -0.1) is 6.42 Å². The van der Waals surface area contributed by atoms with Gasteiger partial charge in [-0.1, -0.05) is 36.3 Å². The molecule has 166 valence electrons. The van der Waals surface area contributed by atoms with Crippen LogP contribution in [0.4, 0.5) is 0 Å². The normalized spacial score (nSPS) is 11.0. The minimum absolute atomic E-state index is 0.186. The molecule has 0 radical (unpaired) electrons. The summed E-state index contributed by atoms with van der Waals surface area (Å²) in [6, 6.07) is 16.0. The van der Waals surface area contributed by atoms with Crippen molar-refractivity contribution in [3.63, 3.8) is 0 Å². The van der Waals surface area contributed by atoms with Crippen LogP contribution in [0.15, 0.2) is 65.9 Å². The van der Waals surface area contributed by atoms with Crippen molar-refractivity contribution < 1.29 is 9.47 Å². The molecule has 0 amide bonds. The molecule has 0 unspecified atom stereocenters. The quantitative estimate of drug-likeness (QED) is 0.293. The summed E-state index contributed by atoms with van der Waals surface area (Å²) in [6.07, 6.45) is 9.06. The highest BCUT2D eigenvalue weighted by atomic mass is 16.5. The van der Waals surface area contributed by atoms with Gasteiger partial charge in [0.05, 0.1) is 20.2 Å². The summed E-state index contributed by atoms with van der Waals surface area (Å²) >= 11 is 0. The number of hydrogen-bond donors (Lipinski definition) is 2. The van der Waals surface area contributed by atoms with Crippen molar-refractivity contribution in [3.8, 4) is 23.8 Å². The molecule has 1 heterocycles. The maximum atomic E-state index is 5.59. The van der Waals surface area contributed by atoms with E-state index in [1.807, 2.05) is 54.2 Å². The second-order valence-corrected chi connectivity index (χ2v) is 7.00. The molecule has 0 saturated heterocycles. The van der Waals surface area contributed by atoms with Crippen LogP contribution < -0.4 is 20.1 Å². The lowest BCUT2D eigenvalue weighted by atomic mass is 10.1. The fourth-order valence-electron chi connectivity index (χ4n) is 3.20. The van der Waals surface area contributed by atoms with Gasteiger partial charge in [-0.3, -0.25) is 4.68 Å². The molecule has 2 N–H and O–H groups in total. The van der Waals surface area contributed by atoms with Gasteiger partial charge in [-0.05, 0) is 41.8 Å². The lowest BCUT2D eigenvalue weighted by Crippen LogP contribution is -2.37. The molecule has 2 aromatic carbocycles. The van der Waals surface area contributed by atoms with E-state index in [4.69, 9.17) is 20.9 Å². The first-order chi connectivity index (χ1) is 15.7. The SMILES string of the molecule is C#CCOc1cc(CN=C(NCC)NCc2ccccc2Cn2cccn2)ccc1OC. The first-order valence-corrected chi connectivity index (χ1v) is 10.5. The average Bonchev–Trinajstić information content (AvgIpc) is 3.33. The summed E-state index contributed by atoms with van der Waals surface area (Å²) in [7, 11) is 1.60. The average molecular weight is 432 g/mol. The third-order valence-electron chi connectivity index (χ3n) is 4.76. The van der Waals surface area contributed by atoms with Crippen LogP contribution in [0.2, 0.25) is 0 Å².